The van der Waals surface area contributed by atoms with Crippen LogP contribution in [0.4, 0.5) is 0 Å². The Kier molecular flexibility index (Phi) is 4.90. The lowest BCUT2D eigenvalue weighted by Gasteiger charge is -2.09. The Hall–Kier alpha value is -1.68. The Morgan fingerprint density at radius 2 is 2.10 bits per heavy atom. The van der Waals surface area contributed by atoms with Crippen LogP contribution < -0.4 is 5.32 Å². The van der Waals surface area contributed by atoms with Gasteiger partial charge in [0.25, 0.3) is 0 Å². The van der Waals surface area contributed by atoms with E-state index in [1.54, 1.807) is 0 Å². The van der Waals surface area contributed by atoms with Crippen LogP contribution in [0.2, 0.25) is 0 Å². The molecular formula is C16H24N4. The van der Waals surface area contributed by atoms with Crippen LogP contribution in [0.25, 0.3) is 0 Å². The van der Waals surface area contributed by atoms with Gasteiger partial charge in [0.15, 0.2) is 0 Å². The maximum atomic E-state index is 4.66. The fourth-order valence-corrected chi connectivity index (χ4v) is 2.29. The lowest BCUT2D eigenvalue weighted by molar-refractivity contribution is 0.578. The van der Waals surface area contributed by atoms with Crippen LogP contribution in [-0.2, 0) is 19.5 Å². The SMILES string of the molecule is Cc1nn(CCc2cccnc2)c(C)c1CNC(C)C. The second kappa shape index (κ2) is 6.66. The molecule has 2 heterocycles. The Labute approximate surface area is 121 Å². The topological polar surface area (TPSA) is 42.7 Å². The molecule has 2 aromatic heterocycles. The van der Waals surface area contributed by atoms with E-state index < -0.39 is 0 Å². The van der Waals surface area contributed by atoms with Crippen molar-refractivity contribution in [2.24, 2.45) is 0 Å². The first-order chi connectivity index (χ1) is 9.58. The summed E-state index contributed by atoms with van der Waals surface area (Å²) in [5, 5.41) is 8.13. The third-order valence-electron chi connectivity index (χ3n) is 3.55. The van der Waals surface area contributed by atoms with Gasteiger partial charge in [-0.05, 0) is 31.9 Å². The van der Waals surface area contributed by atoms with Crippen molar-refractivity contribution in [1.29, 1.82) is 0 Å². The van der Waals surface area contributed by atoms with E-state index in [4.69, 9.17) is 0 Å². The number of aryl methyl sites for hydroxylation is 3. The zero-order chi connectivity index (χ0) is 14.5. The van der Waals surface area contributed by atoms with Crippen LogP contribution in [-0.4, -0.2) is 20.8 Å². The minimum absolute atomic E-state index is 0.493. The number of aromatic nitrogens is 3. The summed E-state index contributed by atoms with van der Waals surface area (Å²) in [6.07, 6.45) is 4.70. The molecule has 2 aromatic rings. The number of nitrogens with one attached hydrogen (secondary N) is 1. The third-order valence-corrected chi connectivity index (χ3v) is 3.55. The molecule has 0 saturated carbocycles. The monoisotopic (exact) mass is 272 g/mol. The first-order valence-electron chi connectivity index (χ1n) is 7.23. The molecule has 0 aromatic carbocycles. The minimum atomic E-state index is 0.493. The smallest absolute Gasteiger partial charge is 0.0641 e. The fourth-order valence-electron chi connectivity index (χ4n) is 2.29. The Morgan fingerprint density at radius 1 is 1.30 bits per heavy atom. The molecular weight excluding hydrogens is 248 g/mol. The molecule has 0 spiro atoms. The quantitative estimate of drug-likeness (QED) is 0.879. The molecule has 0 atom stereocenters. The molecule has 0 unspecified atom stereocenters. The molecule has 4 nitrogen and oxygen atoms in total. The summed E-state index contributed by atoms with van der Waals surface area (Å²) in [7, 11) is 0. The first kappa shape index (κ1) is 14.7. The van der Waals surface area contributed by atoms with Crippen LogP contribution in [0, 0.1) is 13.8 Å². The fraction of sp³-hybridized carbons (Fsp3) is 0.500. The van der Waals surface area contributed by atoms with E-state index in [2.05, 4.69) is 53.8 Å². The zero-order valence-corrected chi connectivity index (χ0v) is 12.8. The summed E-state index contributed by atoms with van der Waals surface area (Å²) in [5.41, 5.74) is 4.97. The molecule has 2 rings (SSSR count). The molecule has 0 fully saturated rings. The summed E-state index contributed by atoms with van der Waals surface area (Å²) < 4.78 is 2.11. The van der Waals surface area contributed by atoms with E-state index in [-0.39, 0.29) is 0 Å². The second-order valence-corrected chi connectivity index (χ2v) is 5.52. The van der Waals surface area contributed by atoms with Crippen molar-refractivity contribution in [3.8, 4) is 0 Å². The van der Waals surface area contributed by atoms with Gasteiger partial charge in [0.1, 0.15) is 0 Å². The highest BCUT2D eigenvalue weighted by Crippen LogP contribution is 2.14. The van der Waals surface area contributed by atoms with E-state index in [9.17, 15) is 0 Å². The molecule has 0 aliphatic carbocycles. The largest absolute Gasteiger partial charge is 0.310 e. The highest BCUT2D eigenvalue weighted by molar-refractivity contribution is 5.24. The Morgan fingerprint density at radius 3 is 2.75 bits per heavy atom. The van der Waals surface area contributed by atoms with E-state index in [0.717, 1.165) is 25.2 Å². The molecule has 0 saturated heterocycles. The molecule has 0 aliphatic heterocycles. The highest BCUT2D eigenvalue weighted by Gasteiger charge is 2.11. The van der Waals surface area contributed by atoms with Crippen molar-refractivity contribution in [2.75, 3.05) is 0 Å². The lowest BCUT2D eigenvalue weighted by Crippen LogP contribution is -2.22. The highest BCUT2D eigenvalue weighted by atomic mass is 15.3. The van der Waals surface area contributed by atoms with Crippen molar-refractivity contribution in [3.05, 3.63) is 47.0 Å². The molecule has 20 heavy (non-hydrogen) atoms. The van der Waals surface area contributed by atoms with E-state index in [1.807, 2.05) is 18.5 Å². The molecule has 108 valence electrons. The molecule has 4 heteroatoms. The van der Waals surface area contributed by atoms with Crippen molar-refractivity contribution in [1.82, 2.24) is 20.1 Å². The average Bonchev–Trinajstić information content (AvgIpc) is 2.70. The van der Waals surface area contributed by atoms with Crippen LogP contribution >= 0.6 is 0 Å². The van der Waals surface area contributed by atoms with E-state index >= 15 is 0 Å². The van der Waals surface area contributed by atoms with Gasteiger partial charge in [-0.3, -0.25) is 9.67 Å². The molecule has 1 N–H and O–H groups in total. The standard InChI is InChI=1S/C16H24N4/c1-12(2)18-11-16-13(3)19-20(14(16)4)9-7-15-6-5-8-17-10-15/h5-6,8,10,12,18H,7,9,11H2,1-4H3. The maximum absolute atomic E-state index is 4.66. The summed E-state index contributed by atoms with van der Waals surface area (Å²) in [5.74, 6) is 0. The van der Waals surface area contributed by atoms with Gasteiger partial charge < -0.3 is 5.32 Å². The lowest BCUT2D eigenvalue weighted by atomic mass is 10.2. The van der Waals surface area contributed by atoms with Crippen LogP contribution in [0.5, 0.6) is 0 Å². The van der Waals surface area contributed by atoms with Gasteiger partial charge in [-0.1, -0.05) is 19.9 Å². The number of nitrogens with zero attached hydrogens (tertiary/aromatic N) is 3. The predicted octanol–water partition coefficient (Wildman–Crippen LogP) is 2.64. The number of rotatable bonds is 6. The Balaban J connectivity index is 2.04. The van der Waals surface area contributed by atoms with Crippen molar-refractivity contribution < 1.29 is 0 Å². The van der Waals surface area contributed by atoms with Gasteiger partial charge >= 0.3 is 0 Å². The van der Waals surface area contributed by atoms with Crippen molar-refractivity contribution in [2.45, 2.75) is 53.2 Å². The third kappa shape index (κ3) is 3.67. The minimum Gasteiger partial charge on any atom is -0.310 e. The second-order valence-electron chi connectivity index (χ2n) is 5.52. The predicted molar refractivity (Wildman–Crippen MR) is 81.6 cm³/mol. The van der Waals surface area contributed by atoms with Crippen LogP contribution in [0.15, 0.2) is 24.5 Å². The summed E-state index contributed by atoms with van der Waals surface area (Å²) in [6, 6.07) is 4.58. The van der Waals surface area contributed by atoms with Gasteiger partial charge in [0, 0.05) is 42.8 Å². The normalized spacial score (nSPS) is 11.2. The Bertz CT molecular complexity index is 543. The van der Waals surface area contributed by atoms with Crippen LogP contribution in [0.1, 0.15) is 36.4 Å². The summed E-state index contributed by atoms with van der Waals surface area (Å²) in [6.45, 7) is 10.4. The molecule has 0 radical (unpaired) electrons. The average molecular weight is 272 g/mol. The van der Waals surface area contributed by atoms with E-state index in [0.29, 0.717) is 6.04 Å². The van der Waals surface area contributed by atoms with Crippen molar-refractivity contribution >= 4 is 0 Å². The summed E-state index contributed by atoms with van der Waals surface area (Å²) in [4.78, 5) is 4.15. The molecule has 0 amide bonds. The van der Waals surface area contributed by atoms with Crippen molar-refractivity contribution in [3.63, 3.8) is 0 Å². The van der Waals surface area contributed by atoms with E-state index in [1.165, 1.54) is 16.8 Å². The van der Waals surface area contributed by atoms with Gasteiger partial charge in [0.2, 0.25) is 0 Å². The zero-order valence-electron chi connectivity index (χ0n) is 12.8. The first-order valence-corrected chi connectivity index (χ1v) is 7.23. The number of pyridine rings is 1. The summed E-state index contributed by atoms with van der Waals surface area (Å²) >= 11 is 0. The molecule has 0 bridgehead atoms. The van der Waals surface area contributed by atoms with Gasteiger partial charge in [-0.2, -0.15) is 5.10 Å². The maximum Gasteiger partial charge on any atom is 0.0641 e. The van der Waals surface area contributed by atoms with Gasteiger partial charge in [-0.15, -0.1) is 0 Å². The number of hydrogen-bond acceptors (Lipinski definition) is 3. The molecule has 0 aliphatic rings. The van der Waals surface area contributed by atoms with Crippen LogP contribution in [0.3, 0.4) is 0 Å². The van der Waals surface area contributed by atoms with Gasteiger partial charge in [0.05, 0.1) is 5.69 Å². The number of hydrogen-bond donors (Lipinski definition) is 1. The van der Waals surface area contributed by atoms with Gasteiger partial charge in [-0.25, -0.2) is 0 Å².